The van der Waals surface area contributed by atoms with Crippen molar-refractivity contribution in [2.75, 3.05) is 27.9 Å². The van der Waals surface area contributed by atoms with Gasteiger partial charge in [-0.2, -0.15) is 0 Å². The average molecular weight is 572 g/mol. The molecule has 1 aliphatic heterocycles. The average Bonchev–Trinajstić information content (AvgIpc) is 2.89. The third-order valence-corrected chi connectivity index (χ3v) is 7.40. The second kappa shape index (κ2) is 10.9. The molecule has 1 aliphatic carbocycles. The van der Waals surface area contributed by atoms with Crippen LogP contribution in [0.1, 0.15) is 49.7 Å². The van der Waals surface area contributed by atoms with Crippen molar-refractivity contribution in [1.82, 2.24) is 5.32 Å². The first-order chi connectivity index (χ1) is 17.7. The number of dihydropyridines is 1. The van der Waals surface area contributed by atoms with Crippen LogP contribution in [0, 0.1) is 0 Å². The minimum Gasteiger partial charge on any atom is -0.503 e. The predicted molar refractivity (Wildman–Crippen MR) is 141 cm³/mol. The summed E-state index contributed by atoms with van der Waals surface area (Å²) in [5.41, 5.74) is 3.83. The molecule has 0 spiro atoms. The zero-order valence-corrected chi connectivity index (χ0v) is 23.0. The van der Waals surface area contributed by atoms with Crippen LogP contribution in [0.3, 0.4) is 0 Å². The highest BCUT2D eigenvalue weighted by Crippen LogP contribution is 2.48. The molecule has 0 saturated carbocycles. The topological polar surface area (TPSA) is 103 Å². The summed E-state index contributed by atoms with van der Waals surface area (Å²) in [4.78, 5) is 26.7. The molecule has 8 nitrogen and oxygen atoms in total. The summed E-state index contributed by atoms with van der Waals surface area (Å²) in [5, 5.41) is 13.8. The number of hydrogen-bond donors (Lipinski definition) is 2. The number of aromatic hydroxyl groups is 1. The molecule has 37 heavy (non-hydrogen) atoms. The van der Waals surface area contributed by atoms with Gasteiger partial charge in [-0.25, -0.2) is 4.79 Å². The van der Waals surface area contributed by atoms with Crippen molar-refractivity contribution in [3.63, 3.8) is 0 Å². The lowest BCUT2D eigenvalue weighted by Gasteiger charge is -2.36. The highest BCUT2D eigenvalue weighted by Gasteiger charge is 2.42. The highest BCUT2D eigenvalue weighted by atomic mass is 79.9. The van der Waals surface area contributed by atoms with Gasteiger partial charge >= 0.3 is 5.97 Å². The Hall–Kier alpha value is -3.46. The van der Waals surface area contributed by atoms with Crippen LogP contribution in [0.25, 0.3) is 0 Å². The quantitative estimate of drug-likeness (QED) is 0.442. The highest BCUT2D eigenvalue weighted by molar-refractivity contribution is 9.10. The molecule has 2 aliphatic rings. The third-order valence-electron chi connectivity index (χ3n) is 6.80. The first kappa shape index (κ1) is 26.6. The Bertz CT molecular complexity index is 1310. The SMILES string of the molecule is CCOc1cc([C@H]2C(C(=O)OC)=C(C)NC3=C2C(=O)C[C@@H](c2ccc(OC)c(OC)c2)C3)cc(Br)c1O. The fraction of sp³-hybridized carbons (Fsp3) is 0.357. The van der Waals surface area contributed by atoms with Crippen molar-refractivity contribution in [2.45, 2.75) is 38.5 Å². The number of phenolic OH excluding ortho intramolecular Hbond substituents is 1. The van der Waals surface area contributed by atoms with Crippen LogP contribution in [0.5, 0.6) is 23.0 Å². The summed E-state index contributed by atoms with van der Waals surface area (Å²) in [6, 6.07) is 9.07. The Balaban J connectivity index is 1.83. The number of methoxy groups -OCH3 is 3. The molecule has 2 N–H and O–H groups in total. The Kier molecular flexibility index (Phi) is 7.82. The van der Waals surface area contributed by atoms with Crippen LogP contribution in [0.2, 0.25) is 0 Å². The number of carbonyl (C=O) groups excluding carboxylic acids is 2. The van der Waals surface area contributed by atoms with Crippen molar-refractivity contribution in [3.05, 3.63) is 68.5 Å². The Morgan fingerprint density at radius 1 is 1.05 bits per heavy atom. The number of hydrogen-bond acceptors (Lipinski definition) is 8. The number of carbonyl (C=O) groups is 2. The molecular formula is C28H30BrNO7. The van der Waals surface area contributed by atoms with E-state index in [2.05, 4.69) is 21.2 Å². The van der Waals surface area contributed by atoms with Gasteiger partial charge in [0.2, 0.25) is 0 Å². The van der Waals surface area contributed by atoms with Gasteiger partial charge in [0.25, 0.3) is 0 Å². The zero-order valence-electron chi connectivity index (χ0n) is 21.4. The van der Waals surface area contributed by atoms with Crippen LogP contribution in [-0.2, 0) is 14.3 Å². The maximum Gasteiger partial charge on any atom is 0.336 e. The zero-order chi connectivity index (χ0) is 26.9. The van der Waals surface area contributed by atoms with Gasteiger partial charge in [0, 0.05) is 29.3 Å². The molecule has 0 radical (unpaired) electrons. The molecule has 0 fully saturated rings. The van der Waals surface area contributed by atoms with E-state index in [9.17, 15) is 14.7 Å². The number of ketones is 1. The number of nitrogens with one attached hydrogen (secondary N) is 1. The molecule has 2 aromatic rings. The molecule has 196 valence electrons. The van der Waals surface area contributed by atoms with Crippen molar-refractivity contribution in [1.29, 1.82) is 0 Å². The molecule has 0 bridgehead atoms. The van der Waals surface area contributed by atoms with Gasteiger partial charge in [-0.05, 0) is 77.5 Å². The van der Waals surface area contributed by atoms with Crippen molar-refractivity contribution in [2.24, 2.45) is 0 Å². The monoisotopic (exact) mass is 571 g/mol. The Labute approximate surface area is 224 Å². The number of Topliss-reactive ketones (excluding diaryl/α,β-unsaturated/α-hetero) is 1. The number of allylic oxidation sites excluding steroid dienone is 3. The molecule has 2 atom stereocenters. The largest absolute Gasteiger partial charge is 0.503 e. The number of esters is 1. The van der Waals surface area contributed by atoms with Crippen LogP contribution in [0.15, 0.2) is 57.3 Å². The van der Waals surface area contributed by atoms with Crippen molar-refractivity contribution >= 4 is 27.7 Å². The third kappa shape index (κ3) is 4.92. The lowest BCUT2D eigenvalue weighted by molar-refractivity contribution is -0.136. The molecular weight excluding hydrogens is 542 g/mol. The van der Waals surface area contributed by atoms with E-state index < -0.39 is 11.9 Å². The van der Waals surface area contributed by atoms with E-state index in [0.29, 0.717) is 51.4 Å². The van der Waals surface area contributed by atoms with E-state index in [-0.39, 0.29) is 29.6 Å². The van der Waals surface area contributed by atoms with E-state index in [0.717, 1.165) is 11.3 Å². The lowest BCUT2D eigenvalue weighted by Crippen LogP contribution is -2.36. The van der Waals surface area contributed by atoms with Crippen LogP contribution >= 0.6 is 15.9 Å². The maximum absolute atomic E-state index is 13.8. The van der Waals surface area contributed by atoms with Gasteiger partial charge in [0.1, 0.15) is 0 Å². The van der Waals surface area contributed by atoms with Gasteiger partial charge in [-0.1, -0.05) is 6.07 Å². The fourth-order valence-corrected chi connectivity index (χ4v) is 5.58. The van der Waals surface area contributed by atoms with Gasteiger partial charge in [-0.3, -0.25) is 4.79 Å². The van der Waals surface area contributed by atoms with E-state index in [1.54, 1.807) is 33.3 Å². The summed E-state index contributed by atoms with van der Waals surface area (Å²) >= 11 is 3.39. The summed E-state index contributed by atoms with van der Waals surface area (Å²) in [5.74, 6) is 0.0687. The van der Waals surface area contributed by atoms with Crippen molar-refractivity contribution < 1.29 is 33.6 Å². The van der Waals surface area contributed by atoms with E-state index >= 15 is 0 Å². The normalized spacial score (nSPS) is 19.2. The molecule has 0 aromatic heterocycles. The first-order valence-electron chi connectivity index (χ1n) is 11.9. The second-order valence-corrected chi connectivity index (χ2v) is 9.76. The predicted octanol–water partition coefficient (Wildman–Crippen LogP) is 5.11. The van der Waals surface area contributed by atoms with E-state index in [1.807, 2.05) is 25.1 Å². The number of phenols is 1. The summed E-state index contributed by atoms with van der Waals surface area (Å²) in [7, 11) is 4.48. The maximum atomic E-state index is 13.8. The number of halogens is 1. The molecule has 2 aromatic carbocycles. The standard InChI is InChI=1S/C28H30BrNO7/c1-6-37-23-13-17(9-18(29)27(23)32)25-24(28(33)36-5)14(2)30-19-10-16(11-20(31)26(19)25)15-7-8-21(34-3)22(12-15)35-4/h7-9,12-13,16,25,30,32H,6,10-11H2,1-5H3/t16-,25-/m0/s1. The first-order valence-corrected chi connectivity index (χ1v) is 12.7. The minimum atomic E-state index is -0.682. The number of ether oxygens (including phenoxy) is 4. The number of rotatable bonds is 7. The number of benzene rings is 2. The van der Waals surface area contributed by atoms with Gasteiger partial charge < -0.3 is 29.4 Å². The summed E-state index contributed by atoms with van der Waals surface area (Å²) in [6.45, 7) is 3.95. The van der Waals surface area contributed by atoms with Gasteiger partial charge in [0.15, 0.2) is 28.8 Å². The van der Waals surface area contributed by atoms with Crippen molar-refractivity contribution in [3.8, 4) is 23.0 Å². The Morgan fingerprint density at radius 3 is 2.41 bits per heavy atom. The van der Waals surface area contributed by atoms with Gasteiger partial charge in [0.05, 0.1) is 38.0 Å². The molecule has 4 rings (SSSR count). The van der Waals surface area contributed by atoms with E-state index in [1.165, 1.54) is 7.11 Å². The van der Waals surface area contributed by atoms with Gasteiger partial charge in [-0.15, -0.1) is 0 Å². The lowest BCUT2D eigenvalue weighted by atomic mass is 9.71. The second-order valence-electron chi connectivity index (χ2n) is 8.91. The summed E-state index contributed by atoms with van der Waals surface area (Å²) in [6.07, 6.45) is 0.827. The van der Waals surface area contributed by atoms with Crippen LogP contribution in [-0.4, -0.2) is 44.8 Å². The Morgan fingerprint density at radius 2 is 1.76 bits per heavy atom. The fourth-order valence-electron chi connectivity index (χ4n) is 5.12. The smallest absolute Gasteiger partial charge is 0.336 e. The van der Waals surface area contributed by atoms with E-state index in [4.69, 9.17) is 18.9 Å². The minimum absolute atomic E-state index is 0.0439. The van der Waals surface area contributed by atoms with Crippen LogP contribution in [0.4, 0.5) is 0 Å². The van der Waals surface area contributed by atoms with Crippen LogP contribution < -0.4 is 19.5 Å². The molecule has 1 heterocycles. The molecule has 0 unspecified atom stereocenters. The molecule has 0 saturated heterocycles. The molecule has 0 amide bonds. The molecule has 9 heteroatoms. The summed E-state index contributed by atoms with van der Waals surface area (Å²) < 4.78 is 22.0.